The predicted octanol–water partition coefficient (Wildman–Crippen LogP) is 0.0679. The highest BCUT2D eigenvalue weighted by atomic mass is 32.3. The summed E-state index contributed by atoms with van der Waals surface area (Å²) in [5, 5.41) is 0. The zero-order valence-electron chi connectivity index (χ0n) is 9.91. The van der Waals surface area contributed by atoms with Crippen molar-refractivity contribution >= 4 is 16.1 Å². The third-order valence-electron chi connectivity index (χ3n) is 2.98. The molecule has 8 heteroatoms. The van der Waals surface area contributed by atoms with Crippen molar-refractivity contribution < 1.29 is 17.1 Å². The minimum absolute atomic E-state index is 0.0770. The normalized spacial score (nSPS) is 20.7. The van der Waals surface area contributed by atoms with Crippen LogP contribution < -0.4 is 0 Å². The van der Waals surface area contributed by atoms with Gasteiger partial charge < -0.3 is 9.47 Å². The minimum atomic E-state index is -4.52. The van der Waals surface area contributed by atoms with Gasteiger partial charge in [-0.05, 0) is 0 Å². The maximum absolute atomic E-state index is 12.6. The number of likely N-dealkylation sites (tertiary alicyclic amines) is 1. The topological polar surface area (TPSA) is 72.3 Å². The van der Waals surface area contributed by atoms with Crippen molar-refractivity contribution in [3.8, 4) is 0 Å². The molecule has 100 valence electrons. The van der Waals surface area contributed by atoms with E-state index in [0.29, 0.717) is 12.4 Å². The molecular weight excluding hydrogens is 261 g/mol. The lowest BCUT2D eigenvalue weighted by atomic mass is 10.1. The molecule has 0 spiro atoms. The summed E-state index contributed by atoms with van der Waals surface area (Å²) in [6.07, 6.45) is 3.46. The Morgan fingerprint density at radius 3 is 2.83 bits per heavy atom. The fourth-order valence-electron chi connectivity index (χ4n) is 2.12. The van der Waals surface area contributed by atoms with Crippen molar-refractivity contribution in [2.45, 2.75) is 13.0 Å². The second-order valence-electron chi connectivity index (χ2n) is 4.50. The molecule has 0 aromatic carbocycles. The zero-order chi connectivity index (χ0) is 13.3. The van der Waals surface area contributed by atoms with Crippen molar-refractivity contribution in [1.29, 1.82) is 0 Å². The average molecular weight is 275 g/mol. The van der Waals surface area contributed by atoms with E-state index in [9.17, 15) is 17.1 Å². The lowest BCUT2D eigenvalue weighted by Crippen LogP contribution is -2.26. The first-order valence-corrected chi connectivity index (χ1v) is 7.07. The van der Waals surface area contributed by atoms with Gasteiger partial charge in [0.2, 0.25) is 5.91 Å². The number of nitrogens with zero attached hydrogens (tertiary/aromatic N) is 3. The minimum Gasteiger partial charge on any atom is -0.337 e. The molecule has 0 bridgehead atoms. The molecule has 0 saturated carbocycles. The van der Waals surface area contributed by atoms with Gasteiger partial charge in [-0.3, -0.25) is 4.79 Å². The van der Waals surface area contributed by atoms with Crippen LogP contribution in [0.4, 0.5) is 3.89 Å². The number of aryl methyl sites for hydroxylation is 1. The quantitative estimate of drug-likeness (QED) is 0.729. The van der Waals surface area contributed by atoms with Gasteiger partial charge in [0.1, 0.15) is 5.82 Å². The van der Waals surface area contributed by atoms with Gasteiger partial charge in [0, 0.05) is 38.3 Å². The number of hydrogen-bond donors (Lipinski definition) is 0. The van der Waals surface area contributed by atoms with Gasteiger partial charge >= 0.3 is 10.2 Å². The largest absolute Gasteiger partial charge is 0.337 e. The summed E-state index contributed by atoms with van der Waals surface area (Å²) in [5.41, 5.74) is 0. The Hall–Kier alpha value is -1.44. The molecule has 2 heterocycles. The molecule has 1 unspecified atom stereocenters. The van der Waals surface area contributed by atoms with Gasteiger partial charge in [-0.25, -0.2) is 4.98 Å². The number of carbonyl (C=O) groups is 1. The van der Waals surface area contributed by atoms with E-state index < -0.39 is 21.9 Å². The van der Waals surface area contributed by atoms with Crippen LogP contribution in [0, 0.1) is 5.92 Å². The molecular formula is C10H14FN3O3S. The SMILES string of the molecule is Cn1ccnc1CN1CC(CS(=O)(=O)F)CC1=O. The molecule has 1 fully saturated rings. The Labute approximate surface area is 105 Å². The van der Waals surface area contributed by atoms with Crippen molar-refractivity contribution in [2.24, 2.45) is 13.0 Å². The highest BCUT2D eigenvalue weighted by molar-refractivity contribution is 7.86. The molecule has 1 amide bonds. The highest BCUT2D eigenvalue weighted by Crippen LogP contribution is 2.21. The molecule has 2 rings (SSSR count). The van der Waals surface area contributed by atoms with Crippen LogP contribution in [0.2, 0.25) is 0 Å². The summed E-state index contributed by atoms with van der Waals surface area (Å²) >= 11 is 0. The molecule has 1 aliphatic rings. The van der Waals surface area contributed by atoms with Crippen molar-refractivity contribution in [1.82, 2.24) is 14.5 Å². The van der Waals surface area contributed by atoms with Gasteiger partial charge in [0.15, 0.2) is 0 Å². The van der Waals surface area contributed by atoms with E-state index >= 15 is 0 Å². The summed E-state index contributed by atoms with van der Waals surface area (Å²) in [4.78, 5) is 17.3. The number of amides is 1. The fourth-order valence-corrected chi connectivity index (χ4v) is 2.91. The van der Waals surface area contributed by atoms with Crippen LogP contribution in [0.5, 0.6) is 0 Å². The Morgan fingerprint density at radius 2 is 2.28 bits per heavy atom. The van der Waals surface area contributed by atoms with Crippen LogP contribution in [0.3, 0.4) is 0 Å². The number of hydrogen-bond acceptors (Lipinski definition) is 4. The second-order valence-corrected chi connectivity index (χ2v) is 5.92. The van der Waals surface area contributed by atoms with Crippen LogP contribution in [-0.4, -0.2) is 41.1 Å². The van der Waals surface area contributed by atoms with Crippen molar-refractivity contribution in [3.63, 3.8) is 0 Å². The van der Waals surface area contributed by atoms with E-state index in [1.165, 1.54) is 4.90 Å². The Morgan fingerprint density at radius 1 is 1.56 bits per heavy atom. The number of carbonyl (C=O) groups excluding carboxylic acids is 1. The zero-order valence-corrected chi connectivity index (χ0v) is 10.7. The van der Waals surface area contributed by atoms with E-state index in [0.717, 1.165) is 0 Å². The lowest BCUT2D eigenvalue weighted by molar-refractivity contribution is -0.128. The van der Waals surface area contributed by atoms with Gasteiger partial charge in [-0.2, -0.15) is 8.42 Å². The van der Waals surface area contributed by atoms with Crippen LogP contribution in [-0.2, 0) is 28.6 Å². The Balaban J connectivity index is 2.00. The molecule has 1 saturated heterocycles. The number of rotatable bonds is 4. The smallest absolute Gasteiger partial charge is 0.302 e. The molecule has 6 nitrogen and oxygen atoms in total. The van der Waals surface area contributed by atoms with Gasteiger partial charge in [0.25, 0.3) is 0 Å². The fraction of sp³-hybridized carbons (Fsp3) is 0.600. The summed E-state index contributed by atoms with van der Waals surface area (Å²) in [5.74, 6) is -0.498. The average Bonchev–Trinajstić information content (AvgIpc) is 2.73. The van der Waals surface area contributed by atoms with Crippen molar-refractivity contribution in [2.75, 3.05) is 12.3 Å². The van der Waals surface area contributed by atoms with Crippen LogP contribution >= 0.6 is 0 Å². The molecule has 0 radical (unpaired) electrons. The van der Waals surface area contributed by atoms with Crippen molar-refractivity contribution in [3.05, 3.63) is 18.2 Å². The Kier molecular flexibility index (Phi) is 3.38. The molecule has 0 aliphatic carbocycles. The molecule has 0 N–H and O–H groups in total. The molecule has 1 aliphatic heterocycles. The van der Waals surface area contributed by atoms with Crippen LogP contribution in [0.1, 0.15) is 12.2 Å². The first kappa shape index (κ1) is 13.0. The maximum atomic E-state index is 12.6. The number of aromatic nitrogens is 2. The predicted molar refractivity (Wildman–Crippen MR) is 61.6 cm³/mol. The first-order valence-electron chi connectivity index (χ1n) is 5.51. The third-order valence-corrected chi connectivity index (χ3v) is 3.85. The summed E-state index contributed by atoms with van der Waals surface area (Å²) in [6, 6.07) is 0. The molecule has 1 aromatic rings. The maximum Gasteiger partial charge on any atom is 0.302 e. The van der Waals surface area contributed by atoms with E-state index in [1.54, 1.807) is 17.0 Å². The monoisotopic (exact) mass is 275 g/mol. The summed E-state index contributed by atoms with van der Waals surface area (Å²) in [7, 11) is -2.71. The van der Waals surface area contributed by atoms with E-state index in [2.05, 4.69) is 4.98 Å². The Bertz CT molecular complexity index is 554. The summed E-state index contributed by atoms with van der Waals surface area (Å²) < 4.78 is 35.5. The first-order chi connectivity index (χ1) is 8.35. The molecule has 18 heavy (non-hydrogen) atoms. The number of halogens is 1. The second kappa shape index (κ2) is 4.68. The molecule has 1 aromatic heterocycles. The third kappa shape index (κ3) is 3.06. The lowest BCUT2D eigenvalue weighted by Gasteiger charge is -2.15. The van der Waals surface area contributed by atoms with E-state index in [1.807, 2.05) is 7.05 Å². The highest BCUT2D eigenvalue weighted by Gasteiger charge is 2.33. The molecule has 1 atom stereocenters. The van der Waals surface area contributed by atoms with Crippen LogP contribution in [0.15, 0.2) is 12.4 Å². The van der Waals surface area contributed by atoms with Gasteiger partial charge in [-0.1, -0.05) is 0 Å². The van der Waals surface area contributed by atoms with E-state index in [4.69, 9.17) is 0 Å². The van der Waals surface area contributed by atoms with Gasteiger partial charge in [0.05, 0.1) is 12.3 Å². The van der Waals surface area contributed by atoms with E-state index in [-0.39, 0.29) is 18.9 Å². The van der Waals surface area contributed by atoms with Gasteiger partial charge in [-0.15, -0.1) is 3.89 Å². The standard InChI is InChI=1S/C10H14FN3O3S/c1-13-3-2-12-9(13)6-14-5-8(4-10(14)15)7-18(11,16)17/h2-3,8H,4-7H2,1H3. The summed E-state index contributed by atoms with van der Waals surface area (Å²) in [6.45, 7) is 0.583. The number of imidazole rings is 1. The van der Waals surface area contributed by atoms with Crippen LogP contribution in [0.25, 0.3) is 0 Å².